The molecule has 0 aliphatic rings. The van der Waals surface area contributed by atoms with Crippen molar-refractivity contribution in [2.45, 2.75) is 52.2 Å². The third kappa shape index (κ3) is 8.71. The number of amides is 2. The highest BCUT2D eigenvalue weighted by Crippen LogP contribution is 2.27. The molecule has 7 nitrogen and oxygen atoms in total. The van der Waals surface area contributed by atoms with Crippen LogP contribution in [0.3, 0.4) is 0 Å². The summed E-state index contributed by atoms with van der Waals surface area (Å²) in [5, 5.41) is 3.76. The monoisotopic (exact) mass is 603 g/mol. The van der Waals surface area contributed by atoms with Crippen molar-refractivity contribution in [3.05, 3.63) is 99.5 Å². The fourth-order valence-corrected chi connectivity index (χ4v) is 5.52. The minimum absolute atomic E-state index is 0.000298. The van der Waals surface area contributed by atoms with Gasteiger partial charge in [0.25, 0.3) is 0 Å². The number of benzene rings is 3. The zero-order valence-electron chi connectivity index (χ0n) is 23.3. The molecule has 0 fully saturated rings. The molecule has 40 heavy (non-hydrogen) atoms. The van der Waals surface area contributed by atoms with Crippen LogP contribution in [0.4, 0.5) is 5.69 Å². The van der Waals surface area contributed by atoms with Gasteiger partial charge in [-0.3, -0.25) is 13.9 Å². The molecule has 0 radical (unpaired) electrons. The summed E-state index contributed by atoms with van der Waals surface area (Å²) >= 11 is 12.7. The number of hydrogen-bond acceptors (Lipinski definition) is 4. The summed E-state index contributed by atoms with van der Waals surface area (Å²) in [6, 6.07) is 20.3. The van der Waals surface area contributed by atoms with Crippen molar-refractivity contribution >= 4 is 50.7 Å². The van der Waals surface area contributed by atoms with Crippen molar-refractivity contribution in [3.8, 4) is 0 Å². The molecule has 1 N–H and O–H groups in total. The molecule has 3 aromatic rings. The number of nitrogens with zero attached hydrogens (tertiary/aromatic N) is 2. The van der Waals surface area contributed by atoms with Crippen LogP contribution in [0.1, 0.15) is 37.5 Å². The predicted octanol–water partition coefficient (Wildman–Crippen LogP) is 5.62. The van der Waals surface area contributed by atoms with Gasteiger partial charge in [-0.1, -0.05) is 77.8 Å². The average Bonchev–Trinajstić information content (AvgIpc) is 2.86. The van der Waals surface area contributed by atoms with E-state index in [9.17, 15) is 18.0 Å². The summed E-state index contributed by atoms with van der Waals surface area (Å²) in [6.07, 6.45) is 1.25. The third-order valence-electron chi connectivity index (χ3n) is 6.19. The van der Waals surface area contributed by atoms with E-state index in [-0.39, 0.29) is 18.9 Å². The van der Waals surface area contributed by atoms with Gasteiger partial charge in [0.1, 0.15) is 12.6 Å². The van der Waals surface area contributed by atoms with Crippen LogP contribution in [0, 0.1) is 6.92 Å². The van der Waals surface area contributed by atoms with E-state index in [1.807, 2.05) is 51.1 Å². The maximum Gasteiger partial charge on any atom is 0.244 e. The van der Waals surface area contributed by atoms with Crippen LogP contribution in [0.5, 0.6) is 0 Å². The SMILES string of the molecule is Cc1ccc(Cl)cc1N(CC(=O)N(Cc1ccccc1Cl)C(Cc1ccccc1)C(=O)NC(C)(C)C)S(C)(=O)=O. The molecule has 0 aliphatic carbocycles. The highest BCUT2D eigenvalue weighted by Gasteiger charge is 2.34. The third-order valence-corrected chi connectivity index (χ3v) is 7.92. The molecule has 214 valence electrons. The Morgan fingerprint density at radius 1 is 0.950 bits per heavy atom. The Balaban J connectivity index is 2.11. The molecule has 0 heterocycles. The first-order chi connectivity index (χ1) is 18.7. The molecule has 0 aliphatic heterocycles. The van der Waals surface area contributed by atoms with Crippen LogP contribution in [-0.4, -0.2) is 49.5 Å². The average molecular weight is 605 g/mol. The molecular formula is C30H35Cl2N3O4S. The number of hydrogen-bond donors (Lipinski definition) is 1. The number of carbonyl (C=O) groups is 2. The van der Waals surface area contributed by atoms with Crippen LogP contribution in [-0.2, 0) is 32.6 Å². The van der Waals surface area contributed by atoms with Crippen LogP contribution in [0.25, 0.3) is 0 Å². The number of aryl methyl sites for hydroxylation is 1. The van der Waals surface area contributed by atoms with Gasteiger partial charge in [-0.25, -0.2) is 8.42 Å². The molecule has 10 heteroatoms. The van der Waals surface area contributed by atoms with Gasteiger partial charge in [0.05, 0.1) is 11.9 Å². The second-order valence-corrected chi connectivity index (χ2v) is 13.5. The Labute approximate surface area is 247 Å². The van der Waals surface area contributed by atoms with Crippen LogP contribution in [0.2, 0.25) is 10.0 Å². The topological polar surface area (TPSA) is 86.8 Å². The first kappa shape index (κ1) is 31.5. The highest BCUT2D eigenvalue weighted by atomic mass is 35.5. The molecule has 0 aromatic heterocycles. The highest BCUT2D eigenvalue weighted by molar-refractivity contribution is 7.92. The lowest BCUT2D eigenvalue weighted by Gasteiger charge is -2.35. The van der Waals surface area contributed by atoms with Crippen LogP contribution in [0.15, 0.2) is 72.8 Å². The molecule has 3 aromatic carbocycles. The standard InChI is InChI=1S/C30H35Cl2N3O4S/c1-21-15-16-24(31)18-26(21)35(40(5,38)39)20-28(36)34(19-23-13-9-10-14-25(23)32)27(29(37)33-30(2,3)4)17-22-11-7-6-8-12-22/h6-16,18,27H,17,19-20H2,1-5H3,(H,33,37). The van der Waals surface area contributed by atoms with Crippen LogP contribution >= 0.6 is 23.2 Å². The number of rotatable bonds is 10. The quantitative estimate of drug-likeness (QED) is 0.326. The minimum atomic E-state index is -3.90. The maximum absolute atomic E-state index is 14.2. The number of carbonyl (C=O) groups excluding carboxylic acids is 2. The number of halogens is 2. The zero-order chi connectivity index (χ0) is 29.7. The molecule has 1 atom stereocenters. The molecular weight excluding hydrogens is 569 g/mol. The molecule has 1 unspecified atom stereocenters. The second-order valence-electron chi connectivity index (χ2n) is 10.8. The fourth-order valence-electron chi connectivity index (χ4n) is 4.26. The van der Waals surface area contributed by atoms with E-state index in [0.29, 0.717) is 26.9 Å². The molecule has 3 rings (SSSR count). The van der Waals surface area contributed by atoms with E-state index < -0.39 is 34.1 Å². The first-order valence-electron chi connectivity index (χ1n) is 12.8. The smallest absolute Gasteiger partial charge is 0.244 e. The van der Waals surface area contributed by atoms with Gasteiger partial charge < -0.3 is 10.2 Å². The summed E-state index contributed by atoms with van der Waals surface area (Å²) in [6.45, 7) is 6.79. The summed E-state index contributed by atoms with van der Waals surface area (Å²) in [5.74, 6) is -0.920. The summed E-state index contributed by atoms with van der Waals surface area (Å²) in [5.41, 5.74) is 1.83. The molecule has 0 saturated carbocycles. The lowest BCUT2D eigenvalue weighted by Crippen LogP contribution is -2.56. The summed E-state index contributed by atoms with van der Waals surface area (Å²) < 4.78 is 26.9. The minimum Gasteiger partial charge on any atom is -0.350 e. The van der Waals surface area contributed by atoms with Crippen molar-refractivity contribution in [3.63, 3.8) is 0 Å². The van der Waals surface area contributed by atoms with E-state index in [1.165, 1.54) is 11.0 Å². The van der Waals surface area contributed by atoms with Crippen molar-refractivity contribution in [1.82, 2.24) is 10.2 Å². The van der Waals surface area contributed by atoms with E-state index in [0.717, 1.165) is 16.1 Å². The molecule has 0 saturated heterocycles. The van der Waals surface area contributed by atoms with Crippen molar-refractivity contribution in [2.24, 2.45) is 0 Å². The lowest BCUT2D eigenvalue weighted by atomic mass is 10.0. The van der Waals surface area contributed by atoms with Gasteiger partial charge in [-0.2, -0.15) is 0 Å². The van der Waals surface area contributed by atoms with E-state index in [2.05, 4.69) is 5.32 Å². The molecule has 0 bridgehead atoms. The summed E-state index contributed by atoms with van der Waals surface area (Å²) in [7, 11) is -3.90. The Kier molecular flexibility index (Phi) is 10.3. The lowest BCUT2D eigenvalue weighted by molar-refractivity contribution is -0.140. The Morgan fingerprint density at radius 3 is 2.17 bits per heavy atom. The normalized spacial score (nSPS) is 12.5. The maximum atomic E-state index is 14.2. The molecule has 0 spiro atoms. The molecule has 2 amide bonds. The largest absolute Gasteiger partial charge is 0.350 e. The number of sulfonamides is 1. The van der Waals surface area contributed by atoms with Crippen molar-refractivity contribution in [2.75, 3.05) is 17.1 Å². The van der Waals surface area contributed by atoms with E-state index >= 15 is 0 Å². The van der Waals surface area contributed by atoms with Gasteiger partial charge in [0.2, 0.25) is 21.8 Å². The Hall–Kier alpha value is -3.07. The van der Waals surface area contributed by atoms with Crippen LogP contribution < -0.4 is 9.62 Å². The fraction of sp³-hybridized carbons (Fsp3) is 0.333. The van der Waals surface area contributed by atoms with Gasteiger partial charge in [-0.15, -0.1) is 0 Å². The van der Waals surface area contributed by atoms with Gasteiger partial charge in [0.15, 0.2) is 0 Å². The van der Waals surface area contributed by atoms with Crippen molar-refractivity contribution < 1.29 is 18.0 Å². The van der Waals surface area contributed by atoms with Gasteiger partial charge in [-0.05, 0) is 62.6 Å². The Morgan fingerprint density at radius 2 is 1.57 bits per heavy atom. The van der Waals surface area contributed by atoms with E-state index in [4.69, 9.17) is 23.2 Å². The Bertz CT molecular complexity index is 1460. The summed E-state index contributed by atoms with van der Waals surface area (Å²) in [4.78, 5) is 29.3. The van der Waals surface area contributed by atoms with Gasteiger partial charge in [0, 0.05) is 28.5 Å². The van der Waals surface area contributed by atoms with Gasteiger partial charge >= 0.3 is 0 Å². The van der Waals surface area contributed by atoms with E-state index in [1.54, 1.807) is 43.3 Å². The zero-order valence-corrected chi connectivity index (χ0v) is 25.6. The van der Waals surface area contributed by atoms with Crippen molar-refractivity contribution in [1.29, 1.82) is 0 Å². The number of nitrogens with one attached hydrogen (secondary N) is 1. The first-order valence-corrected chi connectivity index (χ1v) is 15.4. The predicted molar refractivity (Wildman–Crippen MR) is 162 cm³/mol. The number of anilines is 1. The second kappa shape index (κ2) is 13.1.